The molecule has 0 radical (unpaired) electrons. The molecular formula is C18H18O6. The van der Waals surface area contributed by atoms with Crippen molar-refractivity contribution in [1.29, 1.82) is 0 Å². The van der Waals surface area contributed by atoms with Gasteiger partial charge in [0.2, 0.25) is 0 Å². The van der Waals surface area contributed by atoms with Crippen molar-refractivity contribution in [3.05, 3.63) is 53.1 Å². The molecule has 6 heteroatoms. The lowest BCUT2D eigenvalue weighted by Crippen LogP contribution is -2.11. The van der Waals surface area contributed by atoms with E-state index in [1.54, 1.807) is 19.2 Å². The lowest BCUT2D eigenvalue weighted by atomic mass is 10.1. The van der Waals surface area contributed by atoms with Crippen LogP contribution < -0.4 is 14.2 Å². The van der Waals surface area contributed by atoms with E-state index in [2.05, 4.69) is 0 Å². The van der Waals surface area contributed by atoms with Gasteiger partial charge in [0.15, 0.2) is 12.9 Å². The zero-order chi connectivity index (χ0) is 17.5. The first-order chi connectivity index (χ1) is 11.5. The molecule has 0 amide bonds. The van der Waals surface area contributed by atoms with Gasteiger partial charge in [0.25, 0.3) is 0 Å². The standard InChI is InChI=1S/C18H18O6/c1-12-7-16(15(9-19)17(8-12)24-11-18(20)21)23-10-13-3-5-14(22-2)6-4-13/h3-9H,10-11H2,1-2H3,(H,20,21). The Balaban J connectivity index is 2.18. The van der Waals surface area contributed by atoms with Gasteiger partial charge in [-0.2, -0.15) is 0 Å². The number of aldehydes is 1. The molecule has 0 bridgehead atoms. The second kappa shape index (κ2) is 8.01. The van der Waals surface area contributed by atoms with Gasteiger partial charge < -0.3 is 19.3 Å². The van der Waals surface area contributed by atoms with Crippen molar-refractivity contribution < 1.29 is 28.9 Å². The predicted octanol–water partition coefficient (Wildman–Crippen LogP) is 2.86. The van der Waals surface area contributed by atoms with Gasteiger partial charge in [0.05, 0.1) is 12.7 Å². The molecule has 0 aliphatic heterocycles. The number of benzene rings is 2. The van der Waals surface area contributed by atoms with Crippen LogP contribution in [-0.4, -0.2) is 31.1 Å². The van der Waals surface area contributed by atoms with Crippen LogP contribution in [0.25, 0.3) is 0 Å². The molecule has 0 saturated heterocycles. The van der Waals surface area contributed by atoms with E-state index >= 15 is 0 Å². The van der Waals surface area contributed by atoms with E-state index < -0.39 is 12.6 Å². The van der Waals surface area contributed by atoms with Gasteiger partial charge in [0.1, 0.15) is 23.9 Å². The quantitative estimate of drug-likeness (QED) is 0.750. The Labute approximate surface area is 139 Å². The lowest BCUT2D eigenvalue weighted by molar-refractivity contribution is -0.139. The molecule has 0 unspecified atom stereocenters. The van der Waals surface area contributed by atoms with E-state index in [4.69, 9.17) is 19.3 Å². The van der Waals surface area contributed by atoms with E-state index in [9.17, 15) is 9.59 Å². The van der Waals surface area contributed by atoms with E-state index in [0.717, 1.165) is 16.9 Å². The number of ether oxygens (including phenoxy) is 3. The molecule has 0 aliphatic rings. The highest BCUT2D eigenvalue weighted by molar-refractivity contribution is 5.84. The molecule has 2 aromatic rings. The summed E-state index contributed by atoms with van der Waals surface area (Å²) in [6.45, 7) is 1.54. The van der Waals surface area contributed by atoms with Crippen LogP contribution in [0.3, 0.4) is 0 Å². The van der Waals surface area contributed by atoms with Gasteiger partial charge in [-0.05, 0) is 42.3 Å². The number of rotatable bonds is 8. The number of aryl methyl sites for hydroxylation is 1. The molecular weight excluding hydrogens is 312 g/mol. The Bertz CT molecular complexity index is 721. The average Bonchev–Trinajstić information content (AvgIpc) is 2.58. The Hall–Kier alpha value is -3.02. The topological polar surface area (TPSA) is 82.1 Å². The lowest BCUT2D eigenvalue weighted by Gasteiger charge is -2.14. The summed E-state index contributed by atoms with van der Waals surface area (Å²) in [6.07, 6.45) is 0.597. The monoisotopic (exact) mass is 330 g/mol. The fourth-order valence-corrected chi connectivity index (χ4v) is 2.11. The van der Waals surface area contributed by atoms with Gasteiger partial charge in [-0.15, -0.1) is 0 Å². The van der Waals surface area contributed by atoms with E-state index in [1.807, 2.05) is 31.2 Å². The molecule has 0 spiro atoms. The number of aliphatic carboxylic acids is 1. The molecule has 2 aromatic carbocycles. The van der Waals surface area contributed by atoms with Gasteiger partial charge >= 0.3 is 5.97 Å². The molecule has 0 saturated carbocycles. The third-order valence-corrected chi connectivity index (χ3v) is 3.27. The summed E-state index contributed by atoms with van der Waals surface area (Å²) < 4.78 is 16.0. The smallest absolute Gasteiger partial charge is 0.341 e. The van der Waals surface area contributed by atoms with Crippen molar-refractivity contribution in [2.24, 2.45) is 0 Å². The van der Waals surface area contributed by atoms with Crippen molar-refractivity contribution in [3.63, 3.8) is 0 Å². The zero-order valence-corrected chi connectivity index (χ0v) is 13.4. The van der Waals surface area contributed by atoms with Crippen molar-refractivity contribution in [3.8, 4) is 17.2 Å². The largest absolute Gasteiger partial charge is 0.497 e. The van der Waals surface area contributed by atoms with Crippen LogP contribution in [0.4, 0.5) is 0 Å². The first-order valence-electron chi connectivity index (χ1n) is 7.23. The molecule has 0 aliphatic carbocycles. The number of methoxy groups -OCH3 is 1. The maximum absolute atomic E-state index is 11.4. The van der Waals surface area contributed by atoms with Crippen LogP contribution >= 0.6 is 0 Å². The first kappa shape index (κ1) is 17.3. The first-order valence-corrected chi connectivity index (χ1v) is 7.23. The average molecular weight is 330 g/mol. The number of carbonyl (C=O) groups excluding carboxylic acids is 1. The minimum Gasteiger partial charge on any atom is -0.497 e. The highest BCUT2D eigenvalue weighted by Crippen LogP contribution is 2.30. The number of hydrogen-bond acceptors (Lipinski definition) is 5. The van der Waals surface area contributed by atoms with E-state index in [-0.39, 0.29) is 17.9 Å². The van der Waals surface area contributed by atoms with Gasteiger partial charge in [-0.3, -0.25) is 4.79 Å². The third-order valence-electron chi connectivity index (χ3n) is 3.27. The van der Waals surface area contributed by atoms with Crippen molar-refractivity contribution >= 4 is 12.3 Å². The molecule has 0 aromatic heterocycles. The predicted molar refractivity (Wildman–Crippen MR) is 87.0 cm³/mol. The Morgan fingerprint density at radius 1 is 1.12 bits per heavy atom. The van der Waals surface area contributed by atoms with Crippen LogP contribution in [0.1, 0.15) is 21.5 Å². The summed E-state index contributed by atoms with van der Waals surface area (Å²) in [4.78, 5) is 22.0. The highest BCUT2D eigenvalue weighted by Gasteiger charge is 2.13. The maximum atomic E-state index is 11.4. The second-order valence-electron chi connectivity index (χ2n) is 5.11. The second-order valence-corrected chi connectivity index (χ2v) is 5.11. The maximum Gasteiger partial charge on any atom is 0.341 e. The van der Waals surface area contributed by atoms with Gasteiger partial charge in [0, 0.05) is 0 Å². The summed E-state index contributed by atoms with van der Waals surface area (Å²) in [7, 11) is 1.59. The van der Waals surface area contributed by atoms with Crippen LogP contribution in [-0.2, 0) is 11.4 Å². The molecule has 6 nitrogen and oxygen atoms in total. The Kier molecular flexibility index (Phi) is 5.78. The van der Waals surface area contributed by atoms with E-state index in [1.165, 1.54) is 0 Å². The van der Waals surface area contributed by atoms with Crippen LogP contribution in [0.5, 0.6) is 17.2 Å². The minimum absolute atomic E-state index is 0.190. The number of carboxylic acids is 1. The molecule has 0 fully saturated rings. The van der Waals surface area contributed by atoms with Crippen molar-refractivity contribution in [2.45, 2.75) is 13.5 Å². The SMILES string of the molecule is COc1ccc(COc2cc(C)cc(OCC(=O)O)c2C=O)cc1. The summed E-state index contributed by atoms with van der Waals surface area (Å²) >= 11 is 0. The molecule has 0 heterocycles. The Morgan fingerprint density at radius 3 is 2.29 bits per heavy atom. The molecule has 2 rings (SSSR count). The van der Waals surface area contributed by atoms with Crippen LogP contribution in [0, 0.1) is 6.92 Å². The molecule has 126 valence electrons. The van der Waals surface area contributed by atoms with E-state index in [0.29, 0.717) is 12.0 Å². The highest BCUT2D eigenvalue weighted by atomic mass is 16.5. The zero-order valence-electron chi connectivity index (χ0n) is 13.4. The van der Waals surface area contributed by atoms with Crippen molar-refractivity contribution in [2.75, 3.05) is 13.7 Å². The van der Waals surface area contributed by atoms with Gasteiger partial charge in [-0.1, -0.05) is 12.1 Å². The molecule has 0 atom stereocenters. The van der Waals surface area contributed by atoms with Crippen LogP contribution in [0.15, 0.2) is 36.4 Å². The molecule has 24 heavy (non-hydrogen) atoms. The minimum atomic E-state index is -1.12. The molecule has 1 N–H and O–H groups in total. The number of carboxylic acid groups (broad SMARTS) is 1. The van der Waals surface area contributed by atoms with Crippen molar-refractivity contribution in [1.82, 2.24) is 0 Å². The normalized spacial score (nSPS) is 10.1. The summed E-state index contributed by atoms with van der Waals surface area (Å²) in [5.41, 5.74) is 1.89. The summed E-state index contributed by atoms with van der Waals surface area (Å²) in [5.74, 6) is 0.166. The fraction of sp³-hybridized carbons (Fsp3) is 0.222. The number of carbonyl (C=O) groups is 2. The number of hydrogen-bond donors (Lipinski definition) is 1. The summed E-state index contributed by atoms with van der Waals surface area (Å²) in [5, 5.41) is 8.72. The fourth-order valence-electron chi connectivity index (χ4n) is 2.11. The Morgan fingerprint density at radius 2 is 1.75 bits per heavy atom. The summed E-state index contributed by atoms with van der Waals surface area (Å²) in [6, 6.07) is 10.7. The van der Waals surface area contributed by atoms with Crippen LogP contribution in [0.2, 0.25) is 0 Å². The van der Waals surface area contributed by atoms with Gasteiger partial charge in [-0.25, -0.2) is 4.79 Å². The third kappa shape index (κ3) is 4.49.